The molecule has 1 saturated carbocycles. The molecule has 10 heteroatoms. The van der Waals surface area contributed by atoms with Crippen LogP contribution in [0.2, 0.25) is 0 Å². The lowest BCUT2D eigenvalue weighted by molar-refractivity contribution is 0.380. The van der Waals surface area contributed by atoms with Gasteiger partial charge >= 0.3 is 6.01 Å². The average Bonchev–Trinajstić information content (AvgIpc) is 3.69. The van der Waals surface area contributed by atoms with Crippen LogP contribution in [0.15, 0.2) is 47.7 Å². The lowest BCUT2D eigenvalue weighted by Gasteiger charge is -2.22. The summed E-state index contributed by atoms with van der Waals surface area (Å²) in [5, 5.41) is 14.1. The summed E-state index contributed by atoms with van der Waals surface area (Å²) in [6.07, 6.45) is 6.56. The Kier molecular flexibility index (Phi) is 5.30. The Hall–Kier alpha value is -4.52. The molecule has 1 aromatic carbocycles. The van der Waals surface area contributed by atoms with E-state index in [0.717, 1.165) is 35.0 Å². The molecule has 1 aliphatic rings. The summed E-state index contributed by atoms with van der Waals surface area (Å²) >= 11 is 0. The smallest absolute Gasteiger partial charge is 0.316 e. The van der Waals surface area contributed by atoms with E-state index >= 15 is 0 Å². The van der Waals surface area contributed by atoms with Crippen LogP contribution in [0.5, 0.6) is 6.01 Å². The molecule has 0 bridgehead atoms. The number of ether oxygens (including phenoxy) is 1. The molecule has 3 heterocycles. The number of nitrogens with two attached hydrogens (primary N) is 1. The minimum absolute atomic E-state index is 0.0677. The molecule has 0 radical (unpaired) electrons. The Bertz CT molecular complexity index is 1490. The zero-order valence-corrected chi connectivity index (χ0v) is 18.7. The number of pyridine rings is 1. The van der Waals surface area contributed by atoms with E-state index in [-0.39, 0.29) is 35.2 Å². The van der Waals surface area contributed by atoms with Gasteiger partial charge in [-0.2, -0.15) is 10.2 Å². The van der Waals surface area contributed by atoms with Crippen molar-refractivity contribution in [3.63, 3.8) is 0 Å². The third-order valence-corrected chi connectivity index (χ3v) is 5.87. The van der Waals surface area contributed by atoms with Gasteiger partial charge in [-0.15, -0.1) is 0 Å². The van der Waals surface area contributed by atoms with Gasteiger partial charge in [0.1, 0.15) is 17.5 Å². The van der Waals surface area contributed by atoms with E-state index < -0.39 is 0 Å². The maximum Gasteiger partial charge on any atom is 0.316 e. The minimum Gasteiger partial charge on any atom is -0.467 e. The number of methoxy groups -OCH3 is 1. The van der Waals surface area contributed by atoms with Crippen molar-refractivity contribution in [1.29, 1.82) is 5.26 Å². The van der Waals surface area contributed by atoms with E-state index in [0.29, 0.717) is 11.2 Å². The van der Waals surface area contributed by atoms with Gasteiger partial charge in [0.25, 0.3) is 5.56 Å². The summed E-state index contributed by atoms with van der Waals surface area (Å²) < 4.78 is 6.91. The summed E-state index contributed by atoms with van der Waals surface area (Å²) in [7, 11) is 1.51. The Balaban J connectivity index is 1.64. The monoisotopic (exact) mass is 454 g/mol. The summed E-state index contributed by atoms with van der Waals surface area (Å²) in [5.41, 5.74) is 8.25. The van der Waals surface area contributed by atoms with Crippen LogP contribution in [0.4, 0.5) is 11.8 Å². The van der Waals surface area contributed by atoms with Gasteiger partial charge in [0.05, 0.1) is 24.7 Å². The second kappa shape index (κ2) is 8.44. The third kappa shape index (κ3) is 3.77. The predicted molar refractivity (Wildman–Crippen MR) is 127 cm³/mol. The van der Waals surface area contributed by atoms with Gasteiger partial charge in [-0.1, -0.05) is 18.2 Å². The summed E-state index contributed by atoms with van der Waals surface area (Å²) in [6.45, 7) is 1.93. The predicted octanol–water partition coefficient (Wildman–Crippen LogP) is 3.22. The second-order valence-electron chi connectivity index (χ2n) is 8.17. The molecule has 1 aliphatic carbocycles. The van der Waals surface area contributed by atoms with Gasteiger partial charge < -0.3 is 20.4 Å². The van der Waals surface area contributed by atoms with Crippen molar-refractivity contribution >= 4 is 22.5 Å². The fourth-order valence-corrected chi connectivity index (χ4v) is 4.11. The first-order valence-corrected chi connectivity index (χ1v) is 10.8. The number of anilines is 2. The number of hydrogen-bond acceptors (Lipinski definition) is 9. The highest BCUT2D eigenvalue weighted by Gasteiger charge is 2.30. The van der Waals surface area contributed by atoms with Crippen molar-refractivity contribution in [2.45, 2.75) is 31.8 Å². The molecule has 10 nitrogen and oxygen atoms in total. The molecular weight excluding hydrogens is 432 g/mol. The lowest BCUT2D eigenvalue weighted by Crippen LogP contribution is -2.27. The molecule has 170 valence electrons. The third-order valence-electron chi connectivity index (χ3n) is 5.87. The number of aromatic nitrogens is 5. The molecule has 3 N–H and O–H groups in total. The van der Waals surface area contributed by atoms with Crippen LogP contribution >= 0.6 is 0 Å². The molecule has 0 spiro atoms. The molecule has 4 aromatic rings. The Morgan fingerprint density at radius 1 is 1.24 bits per heavy atom. The van der Waals surface area contributed by atoms with E-state index in [1.165, 1.54) is 13.3 Å². The normalized spacial score (nSPS) is 13.9. The van der Waals surface area contributed by atoms with Crippen molar-refractivity contribution in [2.24, 2.45) is 0 Å². The maximum absolute atomic E-state index is 13.9. The van der Waals surface area contributed by atoms with Gasteiger partial charge in [0.2, 0.25) is 5.95 Å². The summed E-state index contributed by atoms with van der Waals surface area (Å²) in [6, 6.07) is 9.89. The topological polar surface area (TPSA) is 145 Å². The fraction of sp³-hybridized carbons (Fsp3) is 0.250. The summed E-state index contributed by atoms with van der Waals surface area (Å²) in [5.74, 6) is 0.402. The Morgan fingerprint density at radius 2 is 2.00 bits per heavy atom. The highest BCUT2D eigenvalue weighted by Crippen LogP contribution is 2.38. The molecule has 1 atom stereocenters. The van der Waals surface area contributed by atoms with E-state index in [1.54, 1.807) is 12.4 Å². The standard InChI is InChI=1S/C24H22N8O2/c1-13(30-21-15(9-25)10-27-23(26)31-21)19-8-14-4-3-5-18(16-11-28-24(34-2)29-12-16)20(14)22(33)32(19)17-6-7-17/h3-5,8,10-13,17H,6-7H2,1-2H3,(H3,26,27,30,31)/t13-/m0/s1. The zero-order valence-electron chi connectivity index (χ0n) is 18.7. The Labute approximate surface area is 195 Å². The Morgan fingerprint density at radius 3 is 2.68 bits per heavy atom. The number of rotatable bonds is 6. The fourth-order valence-electron chi connectivity index (χ4n) is 4.11. The van der Waals surface area contributed by atoms with Gasteiger partial charge in [0.15, 0.2) is 0 Å². The number of nitrogens with one attached hydrogen (secondary N) is 1. The van der Waals surface area contributed by atoms with Crippen LogP contribution in [-0.4, -0.2) is 31.6 Å². The molecule has 34 heavy (non-hydrogen) atoms. The zero-order chi connectivity index (χ0) is 23.8. The SMILES string of the molecule is COc1ncc(-c2cccc3cc([C@H](C)Nc4nc(N)ncc4C#N)n(C4CC4)c(=O)c23)cn1. The number of nitrogen functional groups attached to an aromatic ring is 1. The second-order valence-corrected chi connectivity index (χ2v) is 8.17. The molecule has 0 saturated heterocycles. The van der Waals surface area contributed by atoms with Crippen molar-refractivity contribution in [1.82, 2.24) is 24.5 Å². The van der Waals surface area contributed by atoms with Crippen LogP contribution in [0.1, 0.15) is 43.1 Å². The molecule has 1 fully saturated rings. The van der Waals surface area contributed by atoms with Gasteiger partial charge in [-0.25, -0.2) is 15.0 Å². The number of benzene rings is 1. The van der Waals surface area contributed by atoms with Crippen LogP contribution in [0.3, 0.4) is 0 Å². The highest BCUT2D eigenvalue weighted by molar-refractivity contribution is 5.96. The first-order chi connectivity index (χ1) is 16.5. The largest absolute Gasteiger partial charge is 0.467 e. The van der Waals surface area contributed by atoms with Crippen LogP contribution in [0, 0.1) is 11.3 Å². The van der Waals surface area contributed by atoms with Crippen LogP contribution in [0.25, 0.3) is 21.9 Å². The minimum atomic E-state index is -0.313. The van der Waals surface area contributed by atoms with Crippen LogP contribution in [-0.2, 0) is 0 Å². The quantitative estimate of drug-likeness (QED) is 0.448. The first-order valence-electron chi connectivity index (χ1n) is 10.8. The number of nitrogens with zero attached hydrogens (tertiary/aromatic N) is 6. The van der Waals surface area contributed by atoms with E-state index in [9.17, 15) is 10.1 Å². The highest BCUT2D eigenvalue weighted by atomic mass is 16.5. The molecule has 5 rings (SSSR count). The first kappa shape index (κ1) is 21.3. The molecular formula is C24H22N8O2. The molecule has 0 aliphatic heterocycles. The lowest BCUT2D eigenvalue weighted by atomic mass is 9.99. The molecule has 3 aromatic heterocycles. The van der Waals surface area contributed by atoms with Crippen molar-refractivity contribution < 1.29 is 4.74 Å². The number of hydrogen-bond donors (Lipinski definition) is 2. The average molecular weight is 454 g/mol. The van der Waals surface area contributed by atoms with Gasteiger partial charge in [-0.05, 0) is 36.8 Å². The summed E-state index contributed by atoms with van der Waals surface area (Å²) in [4.78, 5) is 30.3. The number of nitriles is 1. The van der Waals surface area contributed by atoms with Crippen molar-refractivity contribution in [3.8, 4) is 23.2 Å². The molecule has 0 amide bonds. The van der Waals surface area contributed by atoms with Crippen molar-refractivity contribution in [2.75, 3.05) is 18.2 Å². The van der Waals surface area contributed by atoms with Crippen molar-refractivity contribution in [3.05, 3.63) is 64.5 Å². The van der Waals surface area contributed by atoms with E-state index in [2.05, 4.69) is 31.3 Å². The maximum atomic E-state index is 13.9. The van der Waals surface area contributed by atoms with Gasteiger partial charge in [0, 0.05) is 29.7 Å². The molecule has 0 unspecified atom stereocenters. The van der Waals surface area contributed by atoms with Crippen LogP contribution < -0.4 is 21.3 Å². The van der Waals surface area contributed by atoms with E-state index in [1.807, 2.05) is 35.8 Å². The van der Waals surface area contributed by atoms with Gasteiger partial charge in [-0.3, -0.25) is 4.79 Å². The number of fused-ring (bicyclic) bond motifs is 1. The van der Waals surface area contributed by atoms with E-state index in [4.69, 9.17) is 10.5 Å².